The molecular weight excluding hydrogens is 349 g/mol. The Hall–Kier alpha value is -2.11. The first-order valence-electron chi connectivity index (χ1n) is 7.41. The summed E-state index contributed by atoms with van der Waals surface area (Å²) in [7, 11) is 0. The Balaban J connectivity index is 1.68. The summed E-state index contributed by atoms with van der Waals surface area (Å²) >= 11 is 7.56. The molecule has 0 aliphatic rings. The largest absolute Gasteiger partial charge is 0.469 e. The smallest absolute Gasteiger partial charge is 0.224 e. The first-order chi connectivity index (χ1) is 11.6. The summed E-state index contributed by atoms with van der Waals surface area (Å²) in [4.78, 5) is 13.3. The van der Waals surface area contributed by atoms with Crippen LogP contribution in [0.3, 0.4) is 0 Å². The van der Waals surface area contributed by atoms with Crippen molar-refractivity contribution in [3.63, 3.8) is 0 Å². The van der Waals surface area contributed by atoms with Crippen LogP contribution in [0.4, 0.5) is 4.39 Å². The molecule has 1 N–H and O–H groups in total. The highest BCUT2D eigenvalue weighted by Gasteiger charge is 2.20. The van der Waals surface area contributed by atoms with Crippen molar-refractivity contribution in [1.29, 1.82) is 0 Å². The first kappa shape index (κ1) is 16.7. The van der Waals surface area contributed by atoms with Crippen LogP contribution in [0.15, 0.2) is 58.5 Å². The number of hydrogen-bond donors (Lipinski definition) is 1. The van der Waals surface area contributed by atoms with Crippen molar-refractivity contribution in [2.45, 2.75) is 12.3 Å². The van der Waals surface area contributed by atoms with Crippen LogP contribution in [0.5, 0.6) is 0 Å². The molecule has 3 rings (SSSR count). The third kappa shape index (κ3) is 3.86. The van der Waals surface area contributed by atoms with Crippen molar-refractivity contribution in [3.8, 4) is 0 Å². The van der Waals surface area contributed by atoms with Crippen LogP contribution in [0, 0.1) is 5.82 Å². The SMILES string of the molecule is O=C(Cc1c(F)cccc1Cl)NC[C@H](c1ccco1)c1cccs1. The molecule has 0 aliphatic heterocycles. The van der Waals surface area contributed by atoms with Crippen molar-refractivity contribution in [3.05, 3.63) is 81.1 Å². The number of amides is 1. The van der Waals surface area contributed by atoms with E-state index in [0.29, 0.717) is 6.54 Å². The number of halogens is 2. The molecule has 1 amide bonds. The highest BCUT2D eigenvalue weighted by molar-refractivity contribution is 7.10. The summed E-state index contributed by atoms with van der Waals surface area (Å²) in [5.74, 6) is -0.0460. The third-order valence-corrected chi connectivity index (χ3v) is 5.02. The lowest BCUT2D eigenvalue weighted by atomic mass is 10.0. The van der Waals surface area contributed by atoms with Gasteiger partial charge < -0.3 is 9.73 Å². The minimum atomic E-state index is -0.474. The van der Waals surface area contributed by atoms with Gasteiger partial charge in [-0.1, -0.05) is 23.7 Å². The van der Waals surface area contributed by atoms with E-state index in [1.807, 2.05) is 29.6 Å². The number of carbonyl (C=O) groups is 1. The number of thiophene rings is 1. The summed E-state index contributed by atoms with van der Waals surface area (Å²) in [5.41, 5.74) is 0.210. The number of nitrogens with one attached hydrogen (secondary N) is 1. The topological polar surface area (TPSA) is 42.2 Å². The van der Waals surface area contributed by atoms with E-state index in [-0.39, 0.29) is 28.8 Å². The fraction of sp³-hybridized carbons (Fsp3) is 0.167. The van der Waals surface area contributed by atoms with Gasteiger partial charge in [0, 0.05) is 22.0 Å². The van der Waals surface area contributed by atoms with Gasteiger partial charge in [0.05, 0.1) is 18.6 Å². The minimum absolute atomic E-state index is 0.0694. The molecule has 0 saturated carbocycles. The van der Waals surface area contributed by atoms with E-state index >= 15 is 0 Å². The summed E-state index contributed by atoms with van der Waals surface area (Å²) in [6.07, 6.45) is 1.51. The van der Waals surface area contributed by atoms with Gasteiger partial charge in [0.15, 0.2) is 0 Å². The van der Waals surface area contributed by atoms with Crippen molar-refractivity contribution in [2.75, 3.05) is 6.54 Å². The molecule has 2 heterocycles. The average Bonchev–Trinajstić information content (AvgIpc) is 3.25. The van der Waals surface area contributed by atoms with Gasteiger partial charge in [-0.25, -0.2) is 4.39 Å². The molecule has 0 saturated heterocycles. The molecule has 3 aromatic rings. The quantitative estimate of drug-likeness (QED) is 0.694. The van der Waals surface area contributed by atoms with Crippen LogP contribution >= 0.6 is 22.9 Å². The van der Waals surface area contributed by atoms with Gasteiger partial charge in [-0.15, -0.1) is 11.3 Å². The molecule has 0 fully saturated rings. The molecule has 2 aromatic heterocycles. The van der Waals surface area contributed by atoms with Gasteiger partial charge in [-0.2, -0.15) is 0 Å². The lowest BCUT2D eigenvalue weighted by molar-refractivity contribution is -0.120. The van der Waals surface area contributed by atoms with Crippen LogP contribution < -0.4 is 5.32 Å². The van der Waals surface area contributed by atoms with Gasteiger partial charge in [0.25, 0.3) is 0 Å². The predicted octanol–water partition coefficient (Wildman–Crippen LogP) is 4.62. The van der Waals surface area contributed by atoms with Crippen LogP contribution in [0.1, 0.15) is 22.1 Å². The summed E-state index contributed by atoms with van der Waals surface area (Å²) in [5, 5.41) is 5.08. The molecule has 24 heavy (non-hydrogen) atoms. The number of carbonyl (C=O) groups excluding carboxylic acids is 1. The zero-order valence-corrected chi connectivity index (χ0v) is 14.2. The van der Waals surface area contributed by atoms with Crippen molar-refractivity contribution < 1.29 is 13.6 Å². The highest BCUT2D eigenvalue weighted by Crippen LogP contribution is 2.28. The standard InChI is InChI=1S/C18H15ClFNO2S/c19-14-4-1-5-15(20)12(14)10-18(22)21-11-13(16-6-2-8-23-16)17-7-3-9-24-17/h1-9,13H,10-11H2,(H,21,22)/t13-/m1/s1. The lowest BCUT2D eigenvalue weighted by Gasteiger charge is -2.14. The summed E-state index contributed by atoms with van der Waals surface area (Å²) in [6, 6.07) is 12.0. The van der Waals surface area contributed by atoms with Crippen LogP contribution in [0.2, 0.25) is 5.02 Å². The van der Waals surface area contributed by atoms with Gasteiger partial charge in [-0.05, 0) is 35.7 Å². The number of furan rings is 1. The van der Waals surface area contributed by atoms with E-state index in [2.05, 4.69) is 5.32 Å². The molecule has 124 valence electrons. The minimum Gasteiger partial charge on any atom is -0.469 e. The van der Waals surface area contributed by atoms with Crippen molar-refractivity contribution in [2.24, 2.45) is 0 Å². The molecule has 6 heteroatoms. The van der Waals surface area contributed by atoms with E-state index in [1.165, 1.54) is 12.1 Å². The number of rotatable bonds is 6. The second-order valence-electron chi connectivity index (χ2n) is 5.26. The molecule has 0 unspecified atom stereocenters. The number of benzene rings is 1. The van der Waals surface area contributed by atoms with Crippen LogP contribution in [-0.4, -0.2) is 12.5 Å². The van der Waals surface area contributed by atoms with Crippen LogP contribution in [-0.2, 0) is 11.2 Å². The van der Waals surface area contributed by atoms with Gasteiger partial charge >= 0.3 is 0 Å². The monoisotopic (exact) mass is 363 g/mol. The molecule has 1 aromatic carbocycles. The fourth-order valence-corrected chi connectivity index (χ4v) is 3.53. The molecule has 3 nitrogen and oxygen atoms in total. The van der Waals surface area contributed by atoms with Gasteiger partial charge in [0.2, 0.25) is 5.91 Å². The second-order valence-corrected chi connectivity index (χ2v) is 6.65. The van der Waals surface area contributed by atoms with E-state index in [9.17, 15) is 9.18 Å². The van der Waals surface area contributed by atoms with Crippen molar-refractivity contribution >= 4 is 28.8 Å². The molecule has 0 bridgehead atoms. The zero-order chi connectivity index (χ0) is 16.9. The summed E-state index contributed by atoms with van der Waals surface area (Å²) in [6.45, 7) is 0.374. The highest BCUT2D eigenvalue weighted by atomic mass is 35.5. The van der Waals surface area contributed by atoms with E-state index < -0.39 is 5.82 Å². The Morgan fingerprint density at radius 3 is 2.79 bits per heavy atom. The van der Waals surface area contributed by atoms with E-state index in [0.717, 1.165) is 10.6 Å². The molecule has 0 aliphatic carbocycles. The zero-order valence-electron chi connectivity index (χ0n) is 12.7. The maximum absolute atomic E-state index is 13.8. The Bertz CT molecular complexity index is 748. The van der Waals surface area contributed by atoms with Gasteiger partial charge in [0.1, 0.15) is 11.6 Å². The fourth-order valence-electron chi connectivity index (χ4n) is 2.46. The Morgan fingerprint density at radius 1 is 1.25 bits per heavy atom. The second kappa shape index (κ2) is 7.64. The predicted molar refractivity (Wildman–Crippen MR) is 93.0 cm³/mol. The van der Waals surface area contributed by atoms with Crippen molar-refractivity contribution in [1.82, 2.24) is 5.32 Å². The molecule has 1 atom stereocenters. The first-order valence-corrected chi connectivity index (χ1v) is 8.67. The Kier molecular flexibility index (Phi) is 5.33. The number of hydrogen-bond acceptors (Lipinski definition) is 3. The average molecular weight is 364 g/mol. The maximum atomic E-state index is 13.8. The Labute approximate surface area is 148 Å². The summed E-state index contributed by atoms with van der Waals surface area (Å²) < 4.78 is 19.3. The maximum Gasteiger partial charge on any atom is 0.224 e. The normalized spacial score (nSPS) is 12.1. The van der Waals surface area contributed by atoms with Crippen LogP contribution in [0.25, 0.3) is 0 Å². The Morgan fingerprint density at radius 2 is 2.12 bits per heavy atom. The van der Waals surface area contributed by atoms with E-state index in [4.69, 9.17) is 16.0 Å². The van der Waals surface area contributed by atoms with Gasteiger partial charge in [-0.3, -0.25) is 4.79 Å². The lowest BCUT2D eigenvalue weighted by Crippen LogP contribution is -2.30. The molecule has 0 radical (unpaired) electrons. The van der Waals surface area contributed by atoms with E-state index in [1.54, 1.807) is 23.7 Å². The third-order valence-electron chi connectivity index (χ3n) is 3.68. The molecular formula is C18H15ClFNO2S. The molecule has 0 spiro atoms.